The van der Waals surface area contributed by atoms with Crippen molar-refractivity contribution in [3.8, 4) is 0 Å². The maximum atomic E-state index is 11.8. The van der Waals surface area contributed by atoms with Crippen molar-refractivity contribution in [3.63, 3.8) is 0 Å². The highest BCUT2D eigenvalue weighted by Crippen LogP contribution is 2.25. The Hall–Kier alpha value is -2.62. The Kier molecular flexibility index (Phi) is 3.69. The van der Waals surface area contributed by atoms with Crippen molar-refractivity contribution < 1.29 is 14.3 Å². The highest BCUT2D eigenvalue weighted by Gasteiger charge is 2.19. The monoisotopic (exact) mass is 281 g/mol. The molecule has 2 aromatic carbocycles. The number of hydrogen-bond donors (Lipinski definition) is 1. The topological polar surface area (TPSA) is 55.4 Å². The molecule has 0 aliphatic heterocycles. The SMILES string of the molecule is O=C(Nc1ccc2c(c1)CCC2=O)OCc1ccccc1. The molecular formula is C17H15NO3. The van der Waals surface area contributed by atoms with E-state index in [0.717, 1.165) is 23.1 Å². The highest BCUT2D eigenvalue weighted by atomic mass is 16.5. The molecule has 0 saturated carbocycles. The van der Waals surface area contributed by atoms with Gasteiger partial charge >= 0.3 is 6.09 Å². The number of anilines is 1. The first-order valence-electron chi connectivity index (χ1n) is 6.86. The lowest BCUT2D eigenvalue weighted by atomic mass is 10.1. The molecular weight excluding hydrogens is 266 g/mol. The zero-order valence-corrected chi connectivity index (χ0v) is 11.5. The normalized spacial score (nSPS) is 12.9. The Morgan fingerprint density at radius 3 is 2.71 bits per heavy atom. The number of benzene rings is 2. The quantitative estimate of drug-likeness (QED) is 0.935. The van der Waals surface area contributed by atoms with Gasteiger partial charge in [-0.25, -0.2) is 4.79 Å². The van der Waals surface area contributed by atoms with Crippen molar-refractivity contribution in [2.75, 3.05) is 5.32 Å². The third-order valence-electron chi connectivity index (χ3n) is 3.49. The summed E-state index contributed by atoms with van der Waals surface area (Å²) in [6.45, 7) is 0.232. The Morgan fingerprint density at radius 2 is 1.90 bits per heavy atom. The standard InChI is InChI=1S/C17H15NO3/c19-16-9-6-13-10-14(7-8-15(13)16)18-17(20)21-11-12-4-2-1-3-5-12/h1-5,7-8,10H,6,9,11H2,(H,18,20). The Balaban J connectivity index is 1.59. The number of rotatable bonds is 3. The lowest BCUT2D eigenvalue weighted by Crippen LogP contribution is -2.13. The summed E-state index contributed by atoms with van der Waals surface area (Å²) in [6, 6.07) is 14.8. The van der Waals surface area contributed by atoms with Crippen LogP contribution in [0.2, 0.25) is 0 Å². The summed E-state index contributed by atoms with van der Waals surface area (Å²) in [6.07, 6.45) is 0.795. The molecule has 21 heavy (non-hydrogen) atoms. The van der Waals surface area contributed by atoms with Gasteiger partial charge in [0.15, 0.2) is 5.78 Å². The molecule has 2 aromatic rings. The first kappa shape index (κ1) is 13.4. The van der Waals surface area contributed by atoms with E-state index in [1.165, 1.54) is 0 Å². The van der Waals surface area contributed by atoms with E-state index in [0.29, 0.717) is 12.1 Å². The van der Waals surface area contributed by atoms with Crippen LogP contribution in [0.4, 0.5) is 10.5 Å². The molecule has 3 rings (SSSR count). The molecule has 106 valence electrons. The lowest BCUT2D eigenvalue weighted by Gasteiger charge is -2.08. The predicted molar refractivity (Wildman–Crippen MR) is 79.3 cm³/mol. The van der Waals surface area contributed by atoms with E-state index < -0.39 is 6.09 Å². The number of amides is 1. The molecule has 1 N–H and O–H groups in total. The maximum Gasteiger partial charge on any atom is 0.411 e. The molecule has 4 heteroatoms. The number of nitrogens with one attached hydrogen (secondary N) is 1. The molecule has 0 radical (unpaired) electrons. The van der Waals surface area contributed by atoms with E-state index in [1.807, 2.05) is 36.4 Å². The van der Waals surface area contributed by atoms with Crippen LogP contribution in [-0.2, 0) is 17.8 Å². The molecule has 0 saturated heterocycles. The van der Waals surface area contributed by atoms with Crippen LogP contribution in [0.5, 0.6) is 0 Å². The summed E-state index contributed by atoms with van der Waals surface area (Å²) in [5.74, 6) is 0.170. The van der Waals surface area contributed by atoms with E-state index in [-0.39, 0.29) is 12.4 Å². The molecule has 0 aromatic heterocycles. The second kappa shape index (κ2) is 5.79. The number of fused-ring (bicyclic) bond motifs is 1. The minimum atomic E-state index is -0.497. The summed E-state index contributed by atoms with van der Waals surface area (Å²) in [7, 11) is 0. The maximum absolute atomic E-state index is 11.8. The van der Waals surface area contributed by atoms with Crippen LogP contribution in [0.15, 0.2) is 48.5 Å². The van der Waals surface area contributed by atoms with Crippen LogP contribution in [0.1, 0.15) is 27.9 Å². The third-order valence-corrected chi connectivity index (χ3v) is 3.49. The van der Waals surface area contributed by atoms with Crippen LogP contribution in [0, 0.1) is 0 Å². The van der Waals surface area contributed by atoms with E-state index in [2.05, 4.69) is 5.32 Å². The smallest absolute Gasteiger partial charge is 0.411 e. The zero-order valence-electron chi connectivity index (χ0n) is 11.5. The summed E-state index contributed by atoms with van der Waals surface area (Å²) in [4.78, 5) is 23.3. The molecule has 0 heterocycles. The van der Waals surface area contributed by atoms with E-state index in [1.54, 1.807) is 12.1 Å². The molecule has 0 bridgehead atoms. The van der Waals surface area contributed by atoms with Crippen LogP contribution in [0.25, 0.3) is 0 Å². The number of carbonyl (C=O) groups excluding carboxylic acids is 2. The molecule has 0 fully saturated rings. The van der Waals surface area contributed by atoms with Crippen LogP contribution < -0.4 is 5.32 Å². The van der Waals surface area contributed by atoms with E-state index in [9.17, 15) is 9.59 Å². The fourth-order valence-electron chi connectivity index (χ4n) is 2.41. The number of Topliss-reactive ketones (excluding diaryl/α,β-unsaturated/α-hetero) is 1. The van der Waals surface area contributed by atoms with Gasteiger partial charge in [0.2, 0.25) is 0 Å². The lowest BCUT2D eigenvalue weighted by molar-refractivity contribution is 0.0994. The Morgan fingerprint density at radius 1 is 1.10 bits per heavy atom. The second-order valence-electron chi connectivity index (χ2n) is 4.98. The highest BCUT2D eigenvalue weighted by molar-refractivity contribution is 6.01. The number of ether oxygens (including phenoxy) is 1. The summed E-state index contributed by atoms with van der Waals surface area (Å²) < 4.78 is 5.16. The minimum absolute atomic E-state index is 0.170. The number of ketones is 1. The number of hydrogen-bond acceptors (Lipinski definition) is 3. The fourth-order valence-corrected chi connectivity index (χ4v) is 2.41. The van der Waals surface area contributed by atoms with E-state index in [4.69, 9.17) is 4.74 Å². The molecule has 1 aliphatic carbocycles. The van der Waals surface area contributed by atoms with Crippen molar-refractivity contribution in [2.45, 2.75) is 19.4 Å². The molecule has 0 atom stereocenters. The van der Waals surface area contributed by atoms with Gasteiger partial charge in [-0.05, 0) is 35.7 Å². The molecule has 0 spiro atoms. The predicted octanol–water partition coefficient (Wildman–Crippen LogP) is 3.56. The minimum Gasteiger partial charge on any atom is -0.444 e. The molecule has 1 aliphatic rings. The summed E-state index contributed by atoms with van der Waals surface area (Å²) in [5.41, 5.74) is 3.34. The number of aryl methyl sites for hydroxylation is 1. The van der Waals surface area contributed by atoms with Gasteiger partial charge in [-0.2, -0.15) is 0 Å². The summed E-state index contributed by atoms with van der Waals surface area (Å²) in [5, 5.41) is 2.68. The average Bonchev–Trinajstić information content (AvgIpc) is 2.87. The zero-order chi connectivity index (χ0) is 14.7. The number of carbonyl (C=O) groups is 2. The molecule has 0 unspecified atom stereocenters. The van der Waals surface area contributed by atoms with Crippen LogP contribution >= 0.6 is 0 Å². The Bertz CT molecular complexity index is 680. The van der Waals surface area contributed by atoms with Crippen molar-refractivity contribution in [3.05, 3.63) is 65.2 Å². The molecule has 4 nitrogen and oxygen atoms in total. The second-order valence-corrected chi connectivity index (χ2v) is 4.98. The van der Waals surface area contributed by atoms with Gasteiger partial charge in [0.1, 0.15) is 6.61 Å². The van der Waals surface area contributed by atoms with Crippen molar-refractivity contribution >= 4 is 17.6 Å². The molecule has 1 amide bonds. The van der Waals surface area contributed by atoms with Gasteiger partial charge in [0.05, 0.1) is 0 Å². The van der Waals surface area contributed by atoms with Gasteiger partial charge in [0, 0.05) is 17.7 Å². The van der Waals surface area contributed by atoms with Crippen molar-refractivity contribution in [2.24, 2.45) is 0 Å². The fraction of sp³-hybridized carbons (Fsp3) is 0.176. The first-order valence-corrected chi connectivity index (χ1v) is 6.86. The van der Waals surface area contributed by atoms with Gasteiger partial charge in [-0.15, -0.1) is 0 Å². The van der Waals surface area contributed by atoms with Crippen LogP contribution in [-0.4, -0.2) is 11.9 Å². The largest absolute Gasteiger partial charge is 0.444 e. The van der Waals surface area contributed by atoms with Gasteiger partial charge < -0.3 is 4.74 Å². The van der Waals surface area contributed by atoms with Gasteiger partial charge in [0.25, 0.3) is 0 Å². The third kappa shape index (κ3) is 3.11. The van der Waals surface area contributed by atoms with Gasteiger partial charge in [-0.3, -0.25) is 10.1 Å². The summed E-state index contributed by atoms with van der Waals surface area (Å²) >= 11 is 0. The van der Waals surface area contributed by atoms with Crippen molar-refractivity contribution in [1.82, 2.24) is 0 Å². The first-order chi connectivity index (χ1) is 10.2. The Labute approximate surface area is 122 Å². The van der Waals surface area contributed by atoms with Crippen LogP contribution in [0.3, 0.4) is 0 Å². The van der Waals surface area contributed by atoms with Gasteiger partial charge in [-0.1, -0.05) is 30.3 Å². The van der Waals surface area contributed by atoms with Crippen molar-refractivity contribution in [1.29, 1.82) is 0 Å². The average molecular weight is 281 g/mol. The van der Waals surface area contributed by atoms with E-state index >= 15 is 0 Å².